The van der Waals surface area contributed by atoms with Crippen LogP contribution < -0.4 is 21.7 Å². The van der Waals surface area contributed by atoms with Crippen molar-refractivity contribution in [3.8, 4) is 11.1 Å². The summed E-state index contributed by atoms with van der Waals surface area (Å²) in [5, 5.41) is 25.6. The van der Waals surface area contributed by atoms with Crippen LogP contribution in [0.2, 0.25) is 0 Å². The van der Waals surface area contributed by atoms with E-state index in [4.69, 9.17) is 10.8 Å². The maximum atomic E-state index is 13.6. The van der Waals surface area contributed by atoms with E-state index >= 15 is 0 Å². The molecule has 3 amide bonds. The second-order valence-corrected chi connectivity index (χ2v) is 11.6. The molecule has 0 aliphatic heterocycles. The molecule has 44 heavy (non-hydrogen) atoms. The Hall–Kier alpha value is -4.54. The largest absolute Gasteiger partial charge is 0.395 e. The van der Waals surface area contributed by atoms with Gasteiger partial charge in [0.2, 0.25) is 11.8 Å². The van der Waals surface area contributed by atoms with Crippen LogP contribution in [0.3, 0.4) is 0 Å². The normalized spacial score (nSPS) is 17.2. The summed E-state index contributed by atoms with van der Waals surface area (Å²) in [6.45, 7) is 2.68. The Kier molecular flexibility index (Phi) is 10.0. The second-order valence-electron chi connectivity index (χ2n) is 11.6. The molecular weight excluding hydrogens is 556 g/mol. The first-order valence-electron chi connectivity index (χ1n) is 15.2. The summed E-state index contributed by atoms with van der Waals surface area (Å²) in [6, 6.07) is 18.2. The fourth-order valence-electron chi connectivity index (χ4n) is 5.86. The average Bonchev–Trinajstić information content (AvgIpc) is 3.51. The van der Waals surface area contributed by atoms with Gasteiger partial charge in [-0.25, -0.2) is 0 Å². The zero-order valence-corrected chi connectivity index (χ0v) is 24.9. The van der Waals surface area contributed by atoms with Crippen LogP contribution in [0.25, 0.3) is 22.0 Å². The SMILES string of the molecule is Cc1cc(C(=O)NCCO)ccc1-c1ccc(C[C@H](NC(=O)C2CCC(CN)CC2)C(=O)Nc2ccc3cn[nH]c3c2)cc1. The number of aromatic amines is 1. The quantitative estimate of drug-likeness (QED) is 0.155. The average molecular weight is 597 g/mol. The Morgan fingerprint density at radius 2 is 1.80 bits per heavy atom. The number of carbonyl (C=O) groups excluding carboxylic acids is 3. The molecule has 1 saturated carbocycles. The molecule has 0 unspecified atom stereocenters. The number of H-pyrrole nitrogens is 1. The van der Waals surface area contributed by atoms with Crippen molar-refractivity contribution in [3.63, 3.8) is 0 Å². The van der Waals surface area contributed by atoms with Crippen molar-refractivity contribution in [1.29, 1.82) is 0 Å². The standard InChI is InChI=1S/C34H40N6O4/c1-21-16-26(32(42)36-14-15-41)11-13-29(21)24-6-2-22(3-7-24)17-31(39-33(43)25-8-4-23(19-35)5-9-25)34(44)38-28-12-10-27-20-37-40-30(27)18-28/h2-3,6-7,10-13,16,18,20,23,25,31,41H,4-5,8-9,14-15,17,19,35H2,1H3,(H,36,42)(H,37,40)(H,38,44)(H,39,43)/t23?,25?,31-/m0/s1. The van der Waals surface area contributed by atoms with Crippen LogP contribution in [0, 0.1) is 18.8 Å². The van der Waals surface area contributed by atoms with Gasteiger partial charge < -0.3 is 26.8 Å². The highest BCUT2D eigenvalue weighted by Gasteiger charge is 2.29. The lowest BCUT2D eigenvalue weighted by Gasteiger charge is -2.28. The van der Waals surface area contributed by atoms with Crippen molar-refractivity contribution >= 4 is 34.3 Å². The number of anilines is 1. The molecule has 0 radical (unpaired) electrons. The molecule has 1 atom stereocenters. The summed E-state index contributed by atoms with van der Waals surface area (Å²) < 4.78 is 0. The van der Waals surface area contributed by atoms with Gasteiger partial charge in [-0.15, -0.1) is 0 Å². The lowest BCUT2D eigenvalue weighted by atomic mass is 9.81. The smallest absolute Gasteiger partial charge is 0.251 e. The number of hydrogen-bond acceptors (Lipinski definition) is 6. The van der Waals surface area contributed by atoms with Crippen LogP contribution in [-0.4, -0.2) is 58.8 Å². The third kappa shape index (κ3) is 7.50. The summed E-state index contributed by atoms with van der Waals surface area (Å²) in [5.74, 6) is -0.291. The van der Waals surface area contributed by atoms with E-state index in [2.05, 4.69) is 26.1 Å². The molecule has 3 aromatic carbocycles. The Morgan fingerprint density at radius 1 is 1.02 bits per heavy atom. The third-order valence-corrected chi connectivity index (χ3v) is 8.48. The third-order valence-electron chi connectivity index (χ3n) is 8.48. The molecule has 0 spiro atoms. The number of aliphatic hydroxyl groups is 1. The molecule has 0 saturated heterocycles. The van der Waals surface area contributed by atoms with E-state index in [1.807, 2.05) is 61.5 Å². The van der Waals surface area contributed by atoms with Crippen molar-refractivity contribution in [2.75, 3.05) is 25.0 Å². The van der Waals surface area contributed by atoms with E-state index in [0.29, 0.717) is 30.1 Å². The topological polar surface area (TPSA) is 162 Å². The number of amides is 3. The molecule has 1 aliphatic rings. The highest BCUT2D eigenvalue weighted by molar-refractivity contribution is 5.99. The van der Waals surface area contributed by atoms with E-state index in [1.165, 1.54) is 0 Å². The molecule has 5 rings (SSSR count). The number of hydrogen-bond donors (Lipinski definition) is 6. The molecule has 7 N–H and O–H groups in total. The number of nitrogens with one attached hydrogen (secondary N) is 4. The fraction of sp³-hybridized carbons (Fsp3) is 0.353. The van der Waals surface area contributed by atoms with Crippen LogP contribution in [0.15, 0.2) is 66.9 Å². The molecule has 0 bridgehead atoms. The van der Waals surface area contributed by atoms with Gasteiger partial charge in [0.05, 0.1) is 18.3 Å². The number of rotatable bonds is 11. The molecule has 10 heteroatoms. The van der Waals surface area contributed by atoms with Crippen LogP contribution in [-0.2, 0) is 16.0 Å². The highest BCUT2D eigenvalue weighted by atomic mass is 16.3. The van der Waals surface area contributed by atoms with Gasteiger partial charge in [0.1, 0.15) is 6.04 Å². The van der Waals surface area contributed by atoms with Crippen molar-refractivity contribution in [3.05, 3.63) is 83.6 Å². The molecule has 230 valence electrons. The molecule has 10 nitrogen and oxygen atoms in total. The fourth-order valence-corrected chi connectivity index (χ4v) is 5.86. The summed E-state index contributed by atoms with van der Waals surface area (Å²) in [5.41, 5.74) is 11.6. The van der Waals surface area contributed by atoms with Crippen molar-refractivity contribution < 1.29 is 19.5 Å². The molecule has 1 heterocycles. The van der Waals surface area contributed by atoms with Crippen LogP contribution in [0.4, 0.5) is 5.69 Å². The first kappa shape index (κ1) is 30.9. The Bertz CT molecular complexity index is 1610. The maximum absolute atomic E-state index is 13.6. The van der Waals surface area contributed by atoms with Gasteiger partial charge in [-0.3, -0.25) is 19.5 Å². The van der Waals surface area contributed by atoms with E-state index in [0.717, 1.165) is 58.8 Å². The minimum atomic E-state index is -0.767. The minimum Gasteiger partial charge on any atom is -0.395 e. The van der Waals surface area contributed by atoms with Gasteiger partial charge in [-0.2, -0.15) is 5.10 Å². The number of nitrogens with zero attached hydrogens (tertiary/aromatic N) is 1. The first-order valence-corrected chi connectivity index (χ1v) is 15.2. The molecular formula is C34H40N6O4. The maximum Gasteiger partial charge on any atom is 0.251 e. The van der Waals surface area contributed by atoms with Gasteiger partial charge in [-0.05, 0) is 97.7 Å². The number of carbonyl (C=O) groups is 3. The van der Waals surface area contributed by atoms with Gasteiger partial charge in [0, 0.05) is 35.5 Å². The van der Waals surface area contributed by atoms with Crippen LogP contribution >= 0.6 is 0 Å². The van der Waals surface area contributed by atoms with Crippen LogP contribution in [0.5, 0.6) is 0 Å². The zero-order chi connectivity index (χ0) is 31.1. The molecule has 1 fully saturated rings. The summed E-state index contributed by atoms with van der Waals surface area (Å²) >= 11 is 0. The van der Waals surface area contributed by atoms with E-state index in [9.17, 15) is 14.4 Å². The highest BCUT2D eigenvalue weighted by Crippen LogP contribution is 2.29. The van der Waals surface area contributed by atoms with E-state index < -0.39 is 6.04 Å². The van der Waals surface area contributed by atoms with Crippen molar-refractivity contribution in [2.45, 2.75) is 45.1 Å². The zero-order valence-electron chi connectivity index (χ0n) is 24.9. The van der Waals surface area contributed by atoms with Gasteiger partial charge >= 0.3 is 0 Å². The summed E-state index contributed by atoms with van der Waals surface area (Å²) in [4.78, 5) is 39.2. The van der Waals surface area contributed by atoms with Gasteiger partial charge in [0.15, 0.2) is 0 Å². The number of nitrogens with two attached hydrogens (primary N) is 1. The predicted octanol–water partition coefficient (Wildman–Crippen LogP) is 3.69. The summed E-state index contributed by atoms with van der Waals surface area (Å²) in [6.07, 6.45) is 5.43. The van der Waals surface area contributed by atoms with E-state index in [-0.39, 0.29) is 36.8 Å². The number of aryl methyl sites for hydroxylation is 1. The molecule has 1 aliphatic carbocycles. The van der Waals surface area contributed by atoms with E-state index in [1.54, 1.807) is 12.3 Å². The van der Waals surface area contributed by atoms with Crippen molar-refractivity contribution in [2.24, 2.45) is 17.6 Å². The number of aromatic nitrogens is 2. The Balaban J connectivity index is 1.31. The van der Waals surface area contributed by atoms with Crippen LogP contribution in [0.1, 0.15) is 47.2 Å². The Morgan fingerprint density at radius 3 is 2.50 bits per heavy atom. The molecule has 1 aromatic heterocycles. The number of fused-ring (bicyclic) bond motifs is 1. The lowest BCUT2D eigenvalue weighted by molar-refractivity contribution is -0.130. The predicted molar refractivity (Wildman–Crippen MR) is 171 cm³/mol. The minimum absolute atomic E-state index is 0.0972. The first-order chi connectivity index (χ1) is 21.3. The van der Waals surface area contributed by atoms with Crippen molar-refractivity contribution in [1.82, 2.24) is 20.8 Å². The number of benzene rings is 3. The second kappa shape index (κ2) is 14.3. The monoisotopic (exact) mass is 596 g/mol. The Labute approximate surface area is 256 Å². The number of aliphatic hydroxyl groups excluding tert-OH is 1. The van der Waals surface area contributed by atoms with Gasteiger partial charge in [0.25, 0.3) is 5.91 Å². The summed E-state index contributed by atoms with van der Waals surface area (Å²) in [7, 11) is 0. The molecule has 4 aromatic rings. The van der Waals surface area contributed by atoms with Gasteiger partial charge in [-0.1, -0.05) is 30.3 Å². The lowest BCUT2D eigenvalue weighted by Crippen LogP contribution is -2.48.